The molecule has 0 aliphatic rings. The van der Waals surface area contributed by atoms with Gasteiger partial charge in [0, 0.05) is 15.8 Å². The van der Waals surface area contributed by atoms with Gasteiger partial charge in [0.1, 0.15) is 17.2 Å². The first-order valence-corrected chi connectivity index (χ1v) is 8.52. The molecule has 2 N–H and O–H groups in total. The molecule has 0 spiro atoms. The van der Waals surface area contributed by atoms with Crippen LogP contribution in [0.15, 0.2) is 24.3 Å². The monoisotopic (exact) mass is 380 g/mol. The molecule has 0 atom stereocenters. The molecule has 0 aliphatic carbocycles. The van der Waals surface area contributed by atoms with Gasteiger partial charge < -0.3 is 0 Å². The van der Waals surface area contributed by atoms with Crippen molar-refractivity contribution in [3.8, 4) is 0 Å². The van der Waals surface area contributed by atoms with Gasteiger partial charge in [-0.05, 0) is 38.1 Å². The smallest absolute Gasteiger partial charge is 0.271 e. The summed E-state index contributed by atoms with van der Waals surface area (Å²) in [5.74, 6) is -1.40. The summed E-state index contributed by atoms with van der Waals surface area (Å²) in [5.41, 5.74) is 6.28. The number of carbonyl (C=O) groups excluding carboxylic acids is 2. The molecule has 0 bridgehead atoms. The molecule has 1 aromatic carbocycles. The molecule has 0 unspecified atom stereocenters. The molecule has 25 heavy (non-hydrogen) atoms. The van der Waals surface area contributed by atoms with Crippen molar-refractivity contribution in [3.63, 3.8) is 0 Å². The Morgan fingerprint density at radius 1 is 1.28 bits per heavy atom. The minimum absolute atomic E-state index is 0.0225. The maximum Gasteiger partial charge on any atom is 0.281 e. The molecule has 2 heterocycles. The van der Waals surface area contributed by atoms with Gasteiger partial charge in [0.15, 0.2) is 0 Å². The van der Waals surface area contributed by atoms with Gasteiger partial charge in [-0.25, -0.2) is 4.39 Å². The van der Waals surface area contributed by atoms with Gasteiger partial charge in [-0.2, -0.15) is 5.10 Å². The van der Waals surface area contributed by atoms with E-state index in [2.05, 4.69) is 16.0 Å². The van der Waals surface area contributed by atoms with Crippen LogP contribution in [0.1, 0.15) is 21.1 Å². The molecule has 0 saturated carbocycles. The van der Waals surface area contributed by atoms with Crippen molar-refractivity contribution >= 4 is 44.8 Å². The highest BCUT2D eigenvalue weighted by Gasteiger charge is 2.18. The Labute approximate surface area is 151 Å². The number of benzene rings is 1. The summed E-state index contributed by atoms with van der Waals surface area (Å²) in [4.78, 5) is 24.4. The lowest BCUT2D eigenvalue weighted by Crippen LogP contribution is -2.43. The Hall–Kier alpha value is -2.45. The highest BCUT2D eigenvalue weighted by atomic mass is 35.5. The maximum absolute atomic E-state index is 13.3. The maximum atomic E-state index is 13.3. The molecular formula is C16H14ClFN4O2S. The summed E-state index contributed by atoms with van der Waals surface area (Å²) in [6.07, 6.45) is 0. The van der Waals surface area contributed by atoms with Crippen molar-refractivity contribution < 1.29 is 14.0 Å². The van der Waals surface area contributed by atoms with Gasteiger partial charge in [0.25, 0.3) is 11.8 Å². The normalized spacial score (nSPS) is 10.9. The van der Waals surface area contributed by atoms with Crippen LogP contribution >= 0.6 is 22.9 Å². The Bertz CT molecular complexity index is 982. The number of hydrogen-bond acceptors (Lipinski definition) is 4. The van der Waals surface area contributed by atoms with E-state index in [1.54, 1.807) is 0 Å². The molecule has 130 valence electrons. The SMILES string of the molecule is Cc1cc(C)n(CC(=O)NNC(=O)c2sc3cc(F)ccc3c2Cl)n1. The number of nitrogens with zero attached hydrogens (tertiary/aromatic N) is 2. The molecule has 9 heteroatoms. The molecule has 2 amide bonds. The first-order valence-electron chi connectivity index (χ1n) is 7.33. The fourth-order valence-electron chi connectivity index (χ4n) is 2.38. The highest BCUT2D eigenvalue weighted by molar-refractivity contribution is 7.21. The third-order valence-electron chi connectivity index (χ3n) is 3.51. The molecule has 0 fully saturated rings. The van der Waals surface area contributed by atoms with Crippen LogP contribution in [0.2, 0.25) is 5.02 Å². The molecule has 2 aromatic heterocycles. The zero-order valence-corrected chi connectivity index (χ0v) is 15.0. The number of halogens is 2. The van der Waals surface area contributed by atoms with Crippen LogP contribution in [0.4, 0.5) is 4.39 Å². The molecule has 0 saturated heterocycles. The topological polar surface area (TPSA) is 76.0 Å². The largest absolute Gasteiger partial charge is 0.281 e. The number of carbonyl (C=O) groups is 2. The Morgan fingerprint density at radius 2 is 2.04 bits per heavy atom. The van der Waals surface area contributed by atoms with Gasteiger partial charge in [-0.15, -0.1) is 11.3 Å². The van der Waals surface area contributed by atoms with E-state index in [4.69, 9.17) is 11.6 Å². The van der Waals surface area contributed by atoms with Crippen molar-refractivity contribution in [3.05, 3.63) is 51.4 Å². The number of rotatable bonds is 3. The van der Waals surface area contributed by atoms with Crippen LogP contribution < -0.4 is 10.9 Å². The zero-order chi connectivity index (χ0) is 18.1. The van der Waals surface area contributed by atoms with Crippen molar-refractivity contribution in [1.82, 2.24) is 20.6 Å². The van der Waals surface area contributed by atoms with Crippen LogP contribution in [0.25, 0.3) is 10.1 Å². The third kappa shape index (κ3) is 3.64. The van der Waals surface area contributed by atoms with Crippen LogP contribution in [-0.2, 0) is 11.3 Å². The molecule has 6 nitrogen and oxygen atoms in total. The van der Waals surface area contributed by atoms with E-state index < -0.39 is 17.6 Å². The van der Waals surface area contributed by atoms with Crippen LogP contribution in [-0.4, -0.2) is 21.6 Å². The number of aryl methyl sites for hydroxylation is 2. The number of nitrogens with one attached hydrogen (secondary N) is 2. The van der Waals surface area contributed by atoms with Gasteiger partial charge >= 0.3 is 0 Å². The van der Waals surface area contributed by atoms with Crippen LogP contribution in [0.5, 0.6) is 0 Å². The van der Waals surface area contributed by atoms with Crippen LogP contribution in [0, 0.1) is 19.7 Å². The standard InChI is InChI=1S/C16H14ClFN4O2S/c1-8-5-9(2)22(21-8)7-13(23)19-20-16(24)15-14(17)11-4-3-10(18)6-12(11)25-15/h3-6H,7H2,1-2H3,(H,19,23)(H,20,24). The summed E-state index contributed by atoms with van der Waals surface area (Å²) in [7, 11) is 0. The summed E-state index contributed by atoms with van der Waals surface area (Å²) in [6, 6.07) is 5.95. The first kappa shape index (κ1) is 17.4. The zero-order valence-electron chi connectivity index (χ0n) is 13.4. The lowest BCUT2D eigenvalue weighted by Gasteiger charge is -2.07. The molecular weight excluding hydrogens is 367 g/mol. The minimum Gasteiger partial charge on any atom is -0.271 e. The predicted molar refractivity (Wildman–Crippen MR) is 94.1 cm³/mol. The van der Waals surface area contributed by atoms with E-state index >= 15 is 0 Å². The Balaban J connectivity index is 1.67. The van der Waals surface area contributed by atoms with E-state index in [0.717, 1.165) is 22.7 Å². The lowest BCUT2D eigenvalue weighted by molar-refractivity contribution is -0.122. The number of thiophene rings is 1. The second-order valence-corrected chi connectivity index (χ2v) is 6.90. The van der Waals surface area contributed by atoms with Crippen LogP contribution in [0.3, 0.4) is 0 Å². The van der Waals surface area contributed by atoms with Gasteiger partial charge in [-0.3, -0.25) is 25.1 Å². The Morgan fingerprint density at radius 3 is 2.72 bits per heavy atom. The molecule has 3 aromatic rings. The summed E-state index contributed by atoms with van der Waals surface area (Å²) >= 11 is 7.23. The lowest BCUT2D eigenvalue weighted by atomic mass is 10.2. The minimum atomic E-state index is -0.562. The fourth-order valence-corrected chi connectivity index (χ4v) is 3.82. The van der Waals surface area contributed by atoms with Crippen molar-refractivity contribution in [2.45, 2.75) is 20.4 Å². The highest BCUT2D eigenvalue weighted by Crippen LogP contribution is 2.35. The average molecular weight is 381 g/mol. The fraction of sp³-hybridized carbons (Fsp3) is 0.188. The number of aromatic nitrogens is 2. The van der Waals surface area contributed by atoms with Gasteiger partial charge in [-0.1, -0.05) is 11.6 Å². The van der Waals surface area contributed by atoms with E-state index in [0.29, 0.717) is 10.1 Å². The van der Waals surface area contributed by atoms with Crippen molar-refractivity contribution in [2.75, 3.05) is 0 Å². The average Bonchev–Trinajstić information content (AvgIpc) is 3.04. The summed E-state index contributed by atoms with van der Waals surface area (Å²) in [5, 5.41) is 4.99. The van der Waals surface area contributed by atoms with E-state index in [9.17, 15) is 14.0 Å². The number of hydrogen-bond donors (Lipinski definition) is 2. The number of hydrazine groups is 1. The quantitative estimate of drug-likeness (QED) is 0.686. The van der Waals surface area contributed by atoms with E-state index in [1.807, 2.05) is 19.9 Å². The Kier molecular flexibility index (Phi) is 4.73. The van der Waals surface area contributed by atoms with E-state index in [-0.39, 0.29) is 16.4 Å². The first-order chi connectivity index (χ1) is 11.8. The van der Waals surface area contributed by atoms with Crippen molar-refractivity contribution in [1.29, 1.82) is 0 Å². The second kappa shape index (κ2) is 6.81. The van der Waals surface area contributed by atoms with Crippen molar-refractivity contribution in [2.24, 2.45) is 0 Å². The summed E-state index contributed by atoms with van der Waals surface area (Å²) < 4.78 is 15.4. The van der Waals surface area contributed by atoms with Gasteiger partial charge in [0.2, 0.25) is 0 Å². The second-order valence-electron chi connectivity index (χ2n) is 5.47. The third-order valence-corrected chi connectivity index (χ3v) is 5.17. The predicted octanol–water partition coefficient (Wildman–Crippen LogP) is 2.97. The van der Waals surface area contributed by atoms with E-state index in [1.165, 1.54) is 22.9 Å². The number of amides is 2. The molecule has 0 aliphatic heterocycles. The van der Waals surface area contributed by atoms with Gasteiger partial charge in [0.05, 0.1) is 10.7 Å². The number of fused-ring (bicyclic) bond motifs is 1. The molecule has 3 rings (SSSR count). The summed E-state index contributed by atoms with van der Waals surface area (Å²) in [6.45, 7) is 3.64. The molecule has 0 radical (unpaired) electrons.